The summed E-state index contributed by atoms with van der Waals surface area (Å²) in [6.45, 7) is 0. The fourth-order valence-electron chi connectivity index (χ4n) is 6.69. The molecule has 7 aromatic carbocycles. The summed E-state index contributed by atoms with van der Waals surface area (Å²) in [6, 6.07) is 54.1. The average molecular weight is 659 g/mol. The molecule has 10 rings (SSSR count). The predicted molar refractivity (Wildman–Crippen MR) is 205 cm³/mol. The molecule has 0 saturated carbocycles. The molecule has 0 fully saturated rings. The van der Waals surface area contributed by atoms with Crippen molar-refractivity contribution in [2.45, 2.75) is 0 Å². The second-order valence-corrected chi connectivity index (χ2v) is 13.4. The molecule has 0 unspecified atom stereocenters. The largest absolute Gasteiger partial charge is 0.435 e. The van der Waals surface area contributed by atoms with Crippen molar-refractivity contribution in [2.75, 3.05) is 0 Å². The van der Waals surface area contributed by atoms with Crippen molar-refractivity contribution in [1.29, 1.82) is 0 Å². The quantitative estimate of drug-likeness (QED) is 0.184. The maximum absolute atomic E-state index is 6.66. The lowest BCUT2D eigenvalue weighted by Gasteiger charge is -2.10. The number of oxazole rings is 1. The predicted octanol–water partition coefficient (Wildman–Crippen LogP) is 11.9. The Balaban J connectivity index is 1.20. The molecule has 0 aliphatic rings. The van der Waals surface area contributed by atoms with Crippen molar-refractivity contribution in [3.8, 4) is 56.7 Å². The molecule has 10 aromatic rings. The summed E-state index contributed by atoms with van der Waals surface area (Å²) in [4.78, 5) is 20.4. The molecule has 6 heteroatoms. The first-order chi connectivity index (χ1) is 24.7. The normalized spacial score (nSPS) is 11.6. The molecular formula is C44H26N4OS. The number of hydrogen-bond donors (Lipinski definition) is 0. The smallest absolute Gasteiger partial charge is 0.227 e. The van der Waals surface area contributed by atoms with E-state index in [1.807, 2.05) is 66.7 Å². The van der Waals surface area contributed by atoms with Crippen LogP contribution in [0.5, 0.6) is 0 Å². The summed E-state index contributed by atoms with van der Waals surface area (Å²) >= 11 is 1.74. The zero-order valence-corrected chi connectivity index (χ0v) is 27.4. The maximum atomic E-state index is 6.66. The van der Waals surface area contributed by atoms with Gasteiger partial charge in [-0.15, -0.1) is 11.3 Å². The van der Waals surface area contributed by atoms with Crippen LogP contribution in [0.25, 0.3) is 98.8 Å². The van der Waals surface area contributed by atoms with Crippen molar-refractivity contribution < 1.29 is 4.42 Å². The van der Waals surface area contributed by atoms with Crippen LogP contribution in [-0.4, -0.2) is 19.9 Å². The summed E-state index contributed by atoms with van der Waals surface area (Å²) in [7, 11) is 0. The lowest BCUT2D eigenvalue weighted by molar-refractivity contribution is 0.620. The minimum Gasteiger partial charge on any atom is -0.435 e. The van der Waals surface area contributed by atoms with Crippen LogP contribution in [0.2, 0.25) is 0 Å². The number of rotatable bonds is 5. The summed E-state index contributed by atoms with van der Waals surface area (Å²) < 4.78 is 8.95. The fraction of sp³-hybridized carbons (Fsp3) is 0. The highest BCUT2D eigenvalue weighted by atomic mass is 32.1. The number of benzene rings is 7. The Morgan fingerprint density at radius 1 is 0.420 bits per heavy atom. The Morgan fingerprint density at radius 3 is 1.74 bits per heavy atom. The maximum Gasteiger partial charge on any atom is 0.227 e. The van der Waals surface area contributed by atoms with Crippen LogP contribution in [0, 0.1) is 0 Å². The second kappa shape index (κ2) is 11.6. The Labute approximate surface area is 291 Å². The van der Waals surface area contributed by atoms with Crippen molar-refractivity contribution in [3.63, 3.8) is 0 Å². The van der Waals surface area contributed by atoms with Crippen molar-refractivity contribution >= 4 is 53.4 Å². The van der Waals surface area contributed by atoms with Gasteiger partial charge in [-0.3, -0.25) is 0 Å². The molecular weight excluding hydrogens is 633 g/mol. The molecule has 0 atom stereocenters. The zero-order valence-electron chi connectivity index (χ0n) is 26.6. The molecule has 50 heavy (non-hydrogen) atoms. The zero-order chi connectivity index (χ0) is 33.0. The fourth-order valence-corrected chi connectivity index (χ4v) is 7.84. The Hall–Kier alpha value is -6.50. The lowest BCUT2D eigenvalue weighted by atomic mass is 10.00. The van der Waals surface area contributed by atoms with E-state index in [2.05, 4.69) is 91.0 Å². The summed E-state index contributed by atoms with van der Waals surface area (Å²) in [5.74, 6) is 2.29. The van der Waals surface area contributed by atoms with Gasteiger partial charge in [-0.1, -0.05) is 121 Å². The van der Waals surface area contributed by atoms with Gasteiger partial charge in [0.1, 0.15) is 5.52 Å². The number of aromatic nitrogens is 4. The molecule has 0 saturated heterocycles. The van der Waals surface area contributed by atoms with Crippen LogP contribution in [0.15, 0.2) is 162 Å². The van der Waals surface area contributed by atoms with Gasteiger partial charge in [-0.2, -0.15) is 0 Å². The monoisotopic (exact) mass is 658 g/mol. The molecule has 5 nitrogen and oxygen atoms in total. The highest BCUT2D eigenvalue weighted by Gasteiger charge is 2.23. The second-order valence-electron chi connectivity index (χ2n) is 12.3. The number of fused-ring (bicyclic) bond motifs is 6. The van der Waals surface area contributed by atoms with Gasteiger partial charge in [-0.25, -0.2) is 19.9 Å². The van der Waals surface area contributed by atoms with E-state index in [-0.39, 0.29) is 0 Å². The van der Waals surface area contributed by atoms with Crippen LogP contribution >= 0.6 is 11.3 Å². The number of nitrogens with zero attached hydrogens (tertiary/aromatic N) is 4. The van der Waals surface area contributed by atoms with Gasteiger partial charge in [0.15, 0.2) is 23.1 Å². The molecule has 0 bridgehead atoms. The Kier molecular flexibility index (Phi) is 6.60. The topological polar surface area (TPSA) is 64.7 Å². The Bertz CT molecular complexity index is 2860. The Morgan fingerprint density at radius 2 is 1.00 bits per heavy atom. The molecule has 0 radical (unpaired) electrons. The average Bonchev–Trinajstić information content (AvgIpc) is 3.80. The van der Waals surface area contributed by atoms with E-state index in [1.165, 1.54) is 15.8 Å². The third kappa shape index (κ3) is 4.85. The minimum atomic E-state index is 0.536. The summed E-state index contributed by atoms with van der Waals surface area (Å²) in [5, 5.41) is 4.50. The van der Waals surface area contributed by atoms with Crippen molar-refractivity contribution in [3.05, 3.63) is 158 Å². The first-order valence-electron chi connectivity index (χ1n) is 16.5. The number of thiophene rings is 1. The first-order valence-corrected chi connectivity index (χ1v) is 17.3. The van der Waals surface area contributed by atoms with Gasteiger partial charge in [0.25, 0.3) is 0 Å². The van der Waals surface area contributed by atoms with Crippen molar-refractivity contribution in [2.24, 2.45) is 0 Å². The third-order valence-electron chi connectivity index (χ3n) is 9.14. The van der Waals surface area contributed by atoms with Crippen LogP contribution in [0.1, 0.15) is 0 Å². The van der Waals surface area contributed by atoms with Gasteiger partial charge in [0.2, 0.25) is 5.89 Å². The SMILES string of the molecule is c1ccc(-c2ccc3cc(-c4nc(-c5ccccc5)nc(-c5cc6sc7ccccc7c6c6nc(-c7ccccc7)oc56)n4)ccc3c2)cc1. The number of hydrogen-bond acceptors (Lipinski definition) is 6. The molecule has 0 amide bonds. The first kappa shape index (κ1) is 28.5. The summed E-state index contributed by atoms with van der Waals surface area (Å²) in [6.07, 6.45) is 0. The van der Waals surface area contributed by atoms with Gasteiger partial charge in [0, 0.05) is 36.9 Å². The van der Waals surface area contributed by atoms with E-state index >= 15 is 0 Å². The van der Waals surface area contributed by atoms with Crippen LogP contribution < -0.4 is 0 Å². The molecule has 0 aliphatic carbocycles. The highest BCUT2D eigenvalue weighted by Crippen LogP contribution is 2.43. The van der Waals surface area contributed by atoms with Crippen LogP contribution in [0.4, 0.5) is 0 Å². The van der Waals surface area contributed by atoms with E-state index in [4.69, 9.17) is 24.4 Å². The van der Waals surface area contributed by atoms with Crippen molar-refractivity contribution in [1.82, 2.24) is 19.9 Å². The molecule has 3 aromatic heterocycles. The van der Waals surface area contributed by atoms with Gasteiger partial charge in [0.05, 0.1) is 5.56 Å². The van der Waals surface area contributed by atoms with Gasteiger partial charge < -0.3 is 4.42 Å². The summed E-state index contributed by atoms with van der Waals surface area (Å²) in [5.41, 5.74) is 7.35. The molecule has 0 spiro atoms. The van der Waals surface area contributed by atoms with Crippen LogP contribution in [-0.2, 0) is 0 Å². The van der Waals surface area contributed by atoms with Gasteiger partial charge in [-0.05, 0) is 58.3 Å². The molecule has 0 N–H and O–H groups in total. The van der Waals surface area contributed by atoms with E-state index in [0.29, 0.717) is 28.9 Å². The van der Waals surface area contributed by atoms with E-state index in [9.17, 15) is 0 Å². The van der Waals surface area contributed by atoms with E-state index in [0.717, 1.165) is 54.0 Å². The minimum absolute atomic E-state index is 0.536. The molecule has 234 valence electrons. The lowest BCUT2D eigenvalue weighted by Crippen LogP contribution is -2.00. The third-order valence-corrected chi connectivity index (χ3v) is 10.3. The van der Waals surface area contributed by atoms with Crippen LogP contribution in [0.3, 0.4) is 0 Å². The van der Waals surface area contributed by atoms with E-state index in [1.54, 1.807) is 11.3 Å². The van der Waals surface area contributed by atoms with Gasteiger partial charge >= 0.3 is 0 Å². The molecule has 0 aliphatic heterocycles. The standard InChI is InChI=1S/C44H26N4OS/c1-4-12-27(13-5-1)30-20-21-32-25-33(23-22-31(32)24-30)42-46-41(28-14-6-2-7-15-28)47-43(48-42)35-26-37-38(34-18-10-11-19-36(34)50-37)39-40(35)49-44(45-39)29-16-8-3-9-17-29/h1-26H. The van der Waals surface area contributed by atoms with E-state index < -0.39 is 0 Å². The molecule has 3 heterocycles. The highest BCUT2D eigenvalue weighted by molar-refractivity contribution is 7.26.